The van der Waals surface area contributed by atoms with Gasteiger partial charge in [-0.1, -0.05) is 31.2 Å². The van der Waals surface area contributed by atoms with Crippen molar-refractivity contribution in [3.63, 3.8) is 0 Å². The lowest BCUT2D eigenvalue weighted by atomic mass is 10.0. The summed E-state index contributed by atoms with van der Waals surface area (Å²) >= 11 is 10.9. The second-order valence-corrected chi connectivity index (χ2v) is 9.54. The lowest BCUT2D eigenvalue weighted by Crippen LogP contribution is -2.32. The maximum Gasteiger partial charge on any atom is 0.226 e. The molecule has 0 unspecified atom stereocenters. The quantitative estimate of drug-likeness (QED) is 0.409. The topological polar surface area (TPSA) is 57.3 Å². The van der Waals surface area contributed by atoms with E-state index in [4.69, 9.17) is 12.2 Å². The van der Waals surface area contributed by atoms with Crippen LogP contribution in [0.1, 0.15) is 41.6 Å². The average Bonchev–Trinajstić information content (AvgIpc) is 3.35. The first kappa shape index (κ1) is 21.9. The van der Waals surface area contributed by atoms with E-state index >= 15 is 0 Å². The summed E-state index contributed by atoms with van der Waals surface area (Å²) < 4.78 is 1.04. The van der Waals surface area contributed by atoms with E-state index in [-0.39, 0.29) is 18.0 Å². The fraction of sp³-hybridized carbons (Fsp3) is 0.261. The molecule has 0 spiro atoms. The van der Waals surface area contributed by atoms with Gasteiger partial charge < -0.3 is 15.5 Å². The molecule has 160 valence electrons. The zero-order chi connectivity index (χ0) is 21.8. The average molecular weight is 516 g/mol. The molecule has 1 aromatic carbocycles. The van der Waals surface area contributed by atoms with E-state index in [0.717, 1.165) is 27.8 Å². The molecule has 0 radical (unpaired) electrons. The number of anilines is 1. The molecule has 8 heteroatoms. The van der Waals surface area contributed by atoms with Crippen LogP contribution in [-0.4, -0.2) is 27.4 Å². The Morgan fingerprint density at radius 2 is 2.10 bits per heavy atom. The van der Waals surface area contributed by atoms with Crippen molar-refractivity contribution in [1.29, 1.82) is 0 Å². The first-order valence-corrected chi connectivity index (χ1v) is 12.2. The van der Waals surface area contributed by atoms with Gasteiger partial charge in [0.1, 0.15) is 0 Å². The van der Waals surface area contributed by atoms with Gasteiger partial charge in [0.15, 0.2) is 5.11 Å². The summed E-state index contributed by atoms with van der Waals surface area (Å²) in [5.74, 6) is -0.0175. The van der Waals surface area contributed by atoms with Crippen LogP contribution in [-0.2, 0) is 11.2 Å². The predicted octanol–water partition coefficient (Wildman–Crippen LogP) is 5.47. The molecule has 0 aliphatic carbocycles. The Morgan fingerprint density at radius 3 is 2.81 bits per heavy atom. The van der Waals surface area contributed by atoms with Crippen molar-refractivity contribution in [3.05, 3.63) is 80.7 Å². The number of rotatable bonds is 7. The molecule has 3 aromatic rings. The minimum Gasteiger partial charge on any atom is -0.352 e. The lowest BCUT2D eigenvalue weighted by Gasteiger charge is -2.26. The van der Waals surface area contributed by atoms with Gasteiger partial charge >= 0.3 is 0 Å². The molecule has 2 N–H and O–H groups in total. The summed E-state index contributed by atoms with van der Waals surface area (Å²) in [6.07, 6.45) is 3.01. The number of pyridine rings is 1. The van der Waals surface area contributed by atoms with E-state index < -0.39 is 0 Å². The monoisotopic (exact) mass is 514 g/mol. The number of nitrogens with one attached hydrogen (secondary N) is 2. The minimum atomic E-state index is -0.0665. The largest absolute Gasteiger partial charge is 0.352 e. The normalized spacial score (nSPS) is 18.1. The number of nitrogens with zero attached hydrogens (tertiary/aromatic N) is 2. The van der Waals surface area contributed by atoms with E-state index in [0.29, 0.717) is 18.1 Å². The Balaban J connectivity index is 1.52. The number of carbonyl (C=O) groups is 1. The van der Waals surface area contributed by atoms with E-state index in [2.05, 4.69) is 54.8 Å². The standard InChI is InChI=1S/C23H23BrN4OS2/c1-2-15-7-3-4-8-17(15)26-20(29)10-12-28-22(19-13-16(24)14-31-19)21(27-23(28)30)18-9-5-6-11-25-18/h3-9,11,13-14,21-22H,2,10,12H2,1H3,(H,26,29)(H,27,30)/t21-,22+/m1/s1. The molecule has 1 amide bonds. The number of hydrogen-bond acceptors (Lipinski definition) is 4. The third-order valence-corrected chi connectivity index (χ3v) is 7.45. The van der Waals surface area contributed by atoms with Crippen LogP contribution in [0.3, 0.4) is 0 Å². The fourth-order valence-corrected chi connectivity index (χ4v) is 5.75. The Kier molecular flexibility index (Phi) is 6.99. The van der Waals surface area contributed by atoms with Crippen LogP contribution in [0.4, 0.5) is 5.69 Å². The highest BCUT2D eigenvalue weighted by Gasteiger charge is 2.40. The molecular formula is C23H23BrN4OS2. The SMILES string of the molecule is CCc1ccccc1NC(=O)CCN1C(=S)N[C@H](c2ccccn2)[C@@H]1c1cc(Br)cs1. The number of thiocarbonyl (C=S) groups is 1. The van der Waals surface area contributed by atoms with Crippen molar-refractivity contribution in [2.75, 3.05) is 11.9 Å². The minimum absolute atomic E-state index is 0.0175. The van der Waals surface area contributed by atoms with Crippen LogP contribution in [0, 0.1) is 0 Å². The molecule has 1 aliphatic heterocycles. The molecule has 1 saturated heterocycles. The summed E-state index contributed by atoms with van der Waals surface area (Å²) in [5, 5.41) is 9.19. The molecule has 2 aromatic heterocycles. The molecule has 3 heterocycles. The van der Waals surface area contributed by atoms with Gasteiger partial charge in [-0.25, -0.2) is 0 Å². The molecule has 2 atom stereocenters. The second kappa shape index (κ2) is 9.89. The van der Waals surface area contributed by atoms with Crippen molar-refractivity contribution in [2.45, 2.75) is 31.8 Å². The zero-order valence-corrected chi connectivity index (χ0v) is 20.3. The van der Waals surface area contributed by atoms with Gasteiger partial charge in [0.25, 0.3) is 0 Å². The van der Waals surface area contributed by atoms with E-state index in [1.165, 1.54) is 4.88 Å². The number of aromatic nitrogens is 1. The maximum absolute atomic E-state index is 12.7. The molecular weight excluding hydrogens is 492 g/mol. The van der Waals surface area contributed by atoms with Gasteiger partial charge in [-0.3, -0.25) is 9.78 Å². The molecule has 0 saturated carbocycles. The van der Waals surface area contributed by atoms with Crippen molar-refractivity contribution in [2.24, 2.45) is 0 Å². The van der Waals surface area contributed by atoms with E-state index in [1.54, 1.807) is 17.5 Å². The molecule has 1 fully saturated rings. The van der Waals surface area contributed by atoms with Gasteiger partial charge in [0, 0.05) is 39.6 Å². The first-order valence-electron chi connectivity index (χ1n) is 10.2. The summed E-state index contributed by atoms with van der Waals surface area (Å²) in [5.41, 5.74) is 2.94. The summed E-state index contributed by atoms with van der Waals surface area (Å²) in [6, 6.07) is 15.8. The zero-order valence-electron chi connectivity index (χ0n) is 17.0. The van der Waals surface area contributed by atoms with E-state index in [9.17, 15) is 4.79 Å². The third kappa shape index (κ3) is 4.97. The Bertz CT molecular complexity index is 1070. The van der Waals surface area contributed by atoms with Crippen LogP contribution in [0.5, 0.6) is 0 Å². The van der Waals surface area contributed by atoms with Crippen LogP contribution >= 0.6 is 39.5 Å². The Hall–Kier alpha value is -2.29. The van der Waals surface area contributed by atoms with Crippen LogP contribution in [0.25, 0.3) is 0 Å². The van der Waals surface area contributed by atoms with Crippen molar-refractivity contribution < 1.29 is 4.79 Å². The fourth-order valence-electron chi connectivity index (χ4n) is 3.82. The predicted molar refractivity (Wildman–Crippen MR) is 133 cm³/mol. The van der Waals surface area contributed by atoms with Gasteiger partial charge in [-0.05, 0) is 64.4 Å². The third-order valence-electron chi connectivity index (χ3n) is 5.33. The van der Waals surface area contributed by atoms with Gasteiger partial charge in [-0.2, -0.15) is 0 Å². The Morgan fingerprint density at radius 1 is 1.29 bits per heavy atom. The number of hydrogen-bond donors (Lipinski definition) is 2. The highest BCUT2D eigenvalue weighted by Crippen LogP contribution is 2.41. The second-order valence-electron chi connectivity index (χ2n) is 7.30. The van der Waals surface area contributed by atoms with Crippen molar-refractivity contribution >= 4 is 56.2 Å². The van der Waals surface area contributed by atoms with Gasteiger partial charge in [-0.15, -0.1) is 11.3 Å². The summed E-state index contributed by atoms with van der Waals surface area (Å²) in [7, 11) is 0. The van der Waals surface area contributed by atoms with Gasteiger partial charge in [0.05, 0.1) is 17.8 Å². The molecule has 1 aliphatic rings. The Labute approximate surface area is 200 Å². The van der Waals surface area contributed by atoms with Gasteiger partial charge in [0.2, 0.25) is 5.91 Å². The number of amides is 1. The molecule has 4 rings (SSSR count). The van der Waals surface area contributed by atoms with E-state index in [1.807, 2.05) is 42.5 Å². The van der Waals surface area contributed by atoms with Crippen LogP contribution < -0.4 is 10.6 Å². The van der Waals surface area contributed by atoms with Crippen LogP contribution in [0.2, 0.25) is 0 Å². The maximum atomic E-state index is 12.7. The highest BCUT2D eigenvalue weighted by atomic mass is 79.9. The number of benzene rings is 1. The van der Waals surface area contributed by atoms with Crippen molar-refractivity contribution in [1.82, 2.24) is 15.2 Å². The number of aryl methyl sites for hydroxylation is 1. The summed E-state index contributed by atoms with van der Waals surface area (Å²) in [6.45, 7) is 2.61. The highest BCUT2D eigenvalue weighted by molar-refractivity contribution is 9.10. The van der Waals surface area contributed by atoms with Crippen LogP contribution in [0.15, 0.2) is 64.6 Å². The molecule has 0 bridgehead atoms. The smallest absolute Gasteiger partial charge is 0.226 e. The first-order chi connectivity index (χ1) is 15.1. The number of halogens is 1. The molecule has 5 nitrogen and oxygen atoms in total. The number of carbonyl (C=O) groups excluding carboxylic acids is 1. The lowest BCUT2D eigenvalue weighted by molar-refractivity contribution is -0.116. The number of para-hydroxylation sites is 1. The number of thiophene rings is 1. The summed E-state index contributed by atoms with van der Waals surface area (Å²) in [4.78, 5) is 20.6. The molecule has 31 heavy (non-hydrogen) atoms. The van der Waals surface area contributed by atoms with Crippen molar-refractivity contribution in [3.8, 4) is 0 Å².